The Morgan fingerprint density at radius 1 is 0.730 bits per heavy atom. The van der Waals surface area contributed by atoms with Gasteiger partial charge in [-0.3, -0.25) is 46.5 Å². The molecule has 4 aliphatic heterocycles. The molecule has 0 spiro atoms. The summed E-state index contributed by atoms with van der Waals surface area (Å²) < 4.78 is 115. The van der Waals surface area contributed by atoms with E-state index >= 15 is 4.39 Å². The number of thiol groups is 2. The summed E-state index contributed by atoms with van der Waals surface area (Å²) in [5.74, 6) is -1.04. The number of fused-ring (bicyclic) bond motifs is 4. The summed E-state index contributed by atoms with van der Waals surface area (Å²) in [7, 11) is 1.49. The second-order valence-corrected chi connectivity index (χ2v) is 22.0. The molecule has 8 heterocycles. The molecular weight excluding hydrogens is 1070 g/mol. The molecule has 10 atom stereocenters. The van der Waals surface area contributed by atoms with Crippen LogP contribution in [0.15, 0.2) is 37.5 Å². The monoisotopic (exact) mass is 1120 g/mol. The largest absolute Gasteiger partial charge is 0.508 e. The molecule has 30 nitrogen and oxygen atoms in total. The number of carbonyl (C=O) groups excluding carboxylic acids is 4. The van der Waals surface area contributed by atoms with E-state index < -0.39 is 82.1 Å². The molecule has 404 valence electrons. The van der Waals surface area contributed by atoms with Gasteiger partial charge in [0.2, 0.25) is 5.91 Å². The van der Waals surface area contributed by atoms with E-state index in [1.165, 1.54) is 45.9 Å². The summed E-state index contributed by atoms with van der Waals surface area (Å²) >= 11 is 8.29. The normalized spacial score (nSPS) is 28.3. The van der Waals surface area contributed by atoms with E-state index in [9.17, 15) is 28.3 Å². The lowest BCUT2D eigenvalue weighted by molar-refractivity contribution is -0.137. The van der Waals surface area contributed by atoms with Crippen molar-refractivity contribution < 1.29 is 88.7 Å². The Hall–Kier alpha value is -4.99. The molecule has 1 unspecified atom stereocenters. The van der Waals surface area contributed by atoms with Crippen LogP contribution in [0, 0.1) is 0 Å². The maximum absolute atomic E-state index is 16.4. The number of anilines is 2. The molecular formula is C39H51FN12O18P2S2. The molecule has 4 aliphatic rings. The van der Waals surface area contributed by atoms with Crippen LogP contribution in [0.25, 0.3) is 22.3 Å². The SMILES string of the molecule is CN(CCOC(=O)O[C@@H]1[C@@H]2O[P@](=O)(S)OC[C@H]3O[C@@H](n4cnc5c(N)ncnc54)[C@H](F)[C@@H]3O[P@](=O)(S)OCC2O[C@H]1n1cnc2c(N)ncnc21)C(=O)CCOCCOCCOCCOCCN1C(=O)C=CC1=O. The number of hydrogen-bond acceptors (Lipinski definition) is 26. The van der Waals surface area contributed by atoms with Gasteiger partial charge in [-0.05, 0) is 0 Å². The summed E-state index contributed by atoms with van der Waals surface area (Å²) in [6.07, 6.45) is -6.95. The average Bonchev–Trinajstić information content (AvgIpc) is 4.19. The Labute approximate surface area is 429 Å². The van der Waals surface area contributed by atoms with Gasteiger partial charge < -0.3 is 54.3 Å². The summed E-state index contributed by atoms with van der Waals surface area (Å²) in [6.45, 7) is -8.95. The second-order valence-electron chi connectivity index (χ2n) is 16.3. The Morgan fingerprint density at radius 2 is 1.23 bits per heavy atom. The first-order valence-corrected chi connectivity index (χ1v) is 27.9. The first kappa shape index (κ1) is 55.2. The lowest BCUT2D eigenvalue weighted by Crippen LogP contribution is -2.40. The number of nitrogens with zero attached hydrogens (tertiary/aromatic N) is 10. The first-order chi connectivity index (χ1) is 35.5. The van der Waals surface area contributed by atoms with E-state index in [1.54, 1.807) is 0 Å². The fourth-order valence-electron chi connectivity index (χ4n) is 7.77. The highest BCUT2D eigenvalue weighted by Gasteiger charge is 2.55. The minimum absolute atomic E-state index is 0.00210. The summed E-state index contributed by atoms with van der Waals surface area (Å²) in [4.78, 5) is 76.3. The van der Waals surface area contributed by atoms with Gasteiger partial charge in [-0.1, -0.05) is 24.5 Å². The minimum atomic E-state index is -4.58. The van der Waals surface area contributed by atoms with Crippen LogP contribution in [-0.4, -0.2) is 202 Å². The molecule has 8 rings (SSSR count). The maximum atomic E-state index is 16.4. The van der Waals surface area contributed by atoms with Gasteiger partial charge in [0, 0.05) is 19.2 Å². The molecule has 0 saturated carbocycles. The predicted octanol–water partition coefficient (Wildman–Crippen LogP) is 1.22. The van der Waals surface area contributed by atoms with E-state index in [2.05, 4.69) is 54.4 Å². The number of imide groups is 1. The van der Waals surface area contributed by atoms with Crippen molar-refractivity contribution in [3.05, 3.63) is 37.5 Å². The lowest BCUT2D eigenvalue weighted by Gasteiger charge is -2.29. The topological polar surface area (TPSA) is 359 Å². The summed E-state index contributed by atoms with van der Waals surface area (Å²) in [5, 5.41) is 0. The number of nitrogen functional groups attached to an aromatic ring is 2. The average molecular weight is 1120 g/mol. The number of hydrogen-bond donors (Lipinski definition) is 4. The third-order valence-electron chi connectivity index (χ3n) is 11.4. The van der Waals surface area contributed by atoms with Gasteiger partial charge in [0.25, 0.3) is 11.8 Å². The van der Waals surface area contributed by atoms with Crippen LogP contribution in [0.3, 0.4) is 0 Å². The molecule has 4 N–H and O–H groups in total. The van der Waals surface area contributed by atoms with Gasteiger partial charge >= 0.3 is 19.8 Å². The van der Waals surface area contributed by atoms with Crippen LogP contribution in [0.1, 0.15) is 18.9 Å². The van der Waals surface area contributed by atoms with Gasteiger partial charge in [-0.2, -0.15) is 0 Å². The number of imidazole rings is 2. The molecule has 74 heavy (non-hydrogen) atoms. The molecule has 3 saturated heterocycles. The van der Waals surface area contributed by atoms with Crippen LogP contribution in [0.4, 0.5) is 20.8 Å². The molecule has 0 aromatic carbocycles. The fraction of sp³-hybridized carbons (Fsp3) is 0.590. The number of amides is 3. The molecule has 4 aromatic rings. The fourth-order valence-corrected chi connectivity index (χ4v) is 10.7. The minimum Gasteiger partial charge on any atom is -0.432 e. The van der Waals surface area contributed by atoms with Gasteiger partial charge in [0.05, 0.1) is 98.2 Å². The van der Waals surface area contributed by atoms with Crippen molar-refractivity contribution in [3.8, 4) is 0 Å². The molecule has 0 radical (unpaired) electrons. The molecule has 3 amide bonds. The van der Waals surface area contributed by atoms with Gasteiger partial charge in [0.15, 0.2) is 47.7 Å². The maximum Gasteiger partial charge on any atom is 0.508 e. The first-order valence-electron chi connectivity index (χ1n) is 22.5. The Kier molecular flexibility index (Phi) is 18.5. The zero-order valence-electron chi connectivity index (χ0n) is 39.1. The molecule has 35 heteroatoms. The van der Waals surface area contributed by atoms with Crippen molar-refractivity contribution in [2.24, 2.45) is 0 Å². The number of rotatable bonds is 21. The number of carbonyl (C=O) groups is 4. The van der Waals surface area contributed by atoms with Crippen LogP contribution in [0.5, 0.6) is 0 Å². The van der Waals surface area contributed by atoms with E-state index in [1.807, 2.05) is 0 Å². The highest BCUT2D eigenvalue weighted by Crippen LogP contribution is 2.60. The number of alkyl halides is 1. The molecule has 0 aliphatic carbocycles. The third-order valence-corrected chi connectivity index (χ3v) is 14.7. The van der Waals surface area contributed by atoms with Crippen LogP contribution in [0.2, 0.25) is 0 Å². The number of ether oxygens (including phenoxy) is 8. The number of aromatic nitrogens is 8. The highest BCUT2D eigenvalue weighted by molar-refractivity contribution is 8.44. The molecule has 4 aromatic heterocycles. The standard InChI is InChI=1S/C39H51FN12O18P2S2/c1-49(24(53)4-7-59-10-12-61-14-15-62-13-11-60-8-6-50-25(54)2-3-26(50)55)5-9-63-39(56)68-32-31-23(67-38(32)52-21-48-29-34(42)44-19-46-36(29)52)17-65-71(57,73)69-30-22(16-64-72(58,74)70-31)66-37(27(30)40)51-20-47-28-33(41)43-18-45-35(28)51/h2-3,18-23,27,30-32,37-38H,4-17H2,1H3,(H,57,73)(H,58,74)(H2,41,43,45)(H2,42,44,46)/t22-,23?,27-,30-,31-,32-,37-,38-,71-,72-/m1/s1. The van der Waals surface area contributed by atoms with Crippen molar-refractivity contribution in [1.29, 1.82) is 0 Å². The predicted molar refractivity (Wildman–Crippen MR) is 255 cm³/mol. The Balaban J connectivity index is 0.821. The lowest BCUT2D eigenvalue weighted by atomic mass is 10.1. The van der Waals surface area contributed by atoms with Crippen LogP contribution >= 0.6 is 38.1 Å². The number of nitrogens with two attached hydrogens (primary N) is 2. The van der Waals surface area contributed by atoms with Gasteiger partial charge in [0.1, 0.15) is 54.7 Å². The van der Waals surface area contributed by atoms with Gasteiger partial charge in [-0.15, -0.1) is 0 Å². The molecule has 3 fully saturated rings. The zero-order valence-corrected chi connectivity index (χ0v) is 42.7. The van der Waals surface area contributed by atoms with Crippen molar-refractivity contribution >= 4 is 95.9 Å². The number of halogens is 1. The number of likely N-dealkylation sites (N-methyl/N-ethyl adjacent to an activating group) is 1. The van der Waals surface area contributed by atoms with E-state index in [0.29, 0.717) is 13.2 Å². The molecule has 0 bridgehead atoms. The van der Waals surface area contributed by atoms with Crippen molar-refractivity contribution in [1.82, 2.24) is 48.8 Å². The van der Waals surface area contributed by atoms with E-state index in [4.69, 9.17) is 67.5 Å². The quantitative estimate of drug-likeness (QED) is 0.0299. The van der Waals surface area contributed by atoms with Crippen molar-refractivity contribution in [2.75, 3.05) is 104 Å². The highest BCUT2D eigenvalue weighted by atomic mass is 32.7. The van der Waals surface area contributed by atoms with Crippen LogP contribution < -0.4 is 11.5 Å². The van der Waals surface area contributed by atoms with Crippen molar-refractivity contribution in [3.63, 3.8) is 0 Å². The zero-order chi connectivity index (χ0) is 52.6. The summed E-state index contributed by atoms with van der Waals surface area (Å²) in [6, 6.07) is 0. The second kappa shape index (κ2) is 24.8. The van der Waals surface area contributed by atoms with Gasteiger partial charge in [-0.25, -0.2) is 48.2 Å². The Bertz CT molecular complexity index is 2770. The van der Waals surface area contributed by atoms with Crippen LogP contribution in [-0.2, 0) is 79.5 Å². The summed E-state index contributed by atoms with van der Waals surface area (Å²) in [5.41, 5.74) is 12.4. The smallest absolute Gasteiger partial charge is 0.432 e. The van der Waals surface area contributed by atoms with Crippen molar-refractivity contribution in [2.45, 2.75) is 55.6 Å². The van der Waals surface area contributed by atoms with E-state index in [0.717, 1.165) is 17.6 Å². The Morgan fingerprint density at radius 3 is 1.81 bits per heavy atom. The van der Waals surface area contributed by atoms with E-state index in [-0.39, 0.29) is 117 Å². The third kappa shape index (κ3) is 13.5.